The summed E-state index contributed by atoms with van der Waals surface area (Å²) in [6.45, 7) is 3.78. The Bertz CT molecular complexity index is 89.1. The molecule has 0 aromatic heterocycles. The molecule has 0 unspecified atom stereocenters. The normalized spacial score (nSPS) is 26.0. The van der Waals surface area contributed by atoms with Gasteiger partial charge in [0, 0.05) is 19.5 Å². The second kappa shape index (κ2) is 2.64. The maximum absolute atomic E-state index is 9.46. The SMILES string of the molecule is CCC1(O)NCCCN1. The minimum Gasteiger partial charge on any atom is -0.363 e. The van der Waals surface area contributed by atoms with Crippen LogP contribution in [-0.4, -0.2) is 24.0 Å². The Morgan fingerprint density at radius 3 is 2.33 bits per heavy atom. The van der Waals surface area contributed by atoms with Crippen LogP contribution in [0.15, 0.2) is 0 Å². The van der Waals surface area contributed by atoms with E-state index in [1.54, 1.807) is 0 Å². The van der Waals surface area contributed by atoms with Crippen LogP contribution >= 0.6 is 0 Å². The maximum atomic E-state index is 9.46. The molecule has 3 heteroatoms. The van der Waals surface area contributed by atoms with E-state index >= 15 is 0 Å². The Labute approximate surface area is 55.5 Å². The molecule has 1 saturated heterocycles. The molecule has 0 spiro atoms. The van der Waals surface area contributed by atoms with E-state index in [9.17, 15) is 5.11 Å². The molecule has 9 heavy (non-hydrogen) atoms. The third kappa shape index (κ3) is 1.64. The first-order valence-corrected chi connectivity index (χ1v) is 3.49. The first kappa shape index (κ1) is 6.99. The largest absolute Gasteiger partial charge is 0.363 e. The minimum atomic E-state index is -0.780. The summed E-state index contributed by atoms with van der Waals surface area (Å²) in [5.41, 5.74) is 0. The molecule has 0 aliphatic carbocycles. The van der Waals surface area contributed by atoms with Crippen molar-refractivity contribution in [3.8, 4) is 0 Å². The van der Waals surface area contributed by atoms with Gasteiger partial charge < -0.3 is 5.11 Å². The Morgan fingerprint density at radius 2 is 2.00 bits per heavy atom. The molecule has 3 N–H and O–H groups in total. The van der Waals surface area contributed by atoms with Gasteiger partial charge in [0.1, 0.15) is 0 Å². The molecule has 0 amide bonds. The second-order valence-electron chi connectivity index (χ2n) is 2.42. The van der Waals surface area contributed by atoms with Gasteiger partial charge in [0.2, 0.25) is 0 Å². The Hall–Kier alpha value is -0.120. The lowest BCUT2D eigenvalue weighted by molar-refractivity contribution is -0.0439. The van der Waals surface area contributed by atoms with Crippen LogP contribution in [0.25, 0.3) is 0 Å². The molecule has 1 aliphatic rings. The summed E-state index contributed by atoms with van der Waals surface area (Å²) in [7, 11) is 0. The molecule has 1 rings (SSSR count). The van der Waals surface area contributed by atoms with Gasteiger partial charge in [-0.15, -0.1) is 0 Å². The summed E-state index contributed by atoms with van der Waals surface area (Å²) in [4.78, 5) is 0. The van der Waals surface area contributed by atoms with E-state index in [-0.39, 0.29) is 0 Å². The molecule has 54 valence electrons. The van der Waals surface area contributed by atoms with Crippen LogP contribution in [0, 0.1) is 0 Å². The lowest BCUT2D eigenvalue weighted by atomic mass is 10.2. The number of aliphatic hydroxyl groups is 1. The van der Waals surface area contributed by atoms with E-state index in [0.29, 0.717) is 6.42 Å². The summed E-state index contributed by atoms with van der Waals surface area (Å²) in [6.07, 6.45) is 1.81. The number of hydrogen-bond acceptors (Lipinski definition) is 3. The molecule has 0 saturated carbocycles. The zero-order chi connectivity index (χ0) is 6.74. The fourth-order valence-corrected chi connectivity index (χ4v) is 0.991. The quantitative estimate of drug-likeness (QED) is 0.453. The highest BCUT2D eigenvalue weighted by Crippen LogP contribution is 2.03. The van der Waals surface area contributed by atoms with E-state index in [4.69, 9.17) is 0 Å². The van der Waals surface area contributed by atoms with Gasteiger partial charge in [-0.3, -0.25) is 10.6 Å². The number of hydrogen-bond donors (Lipinski definition) is 3. The average Bonchev–Trinajstić information content (AvgIpc) is 1.90. The zero-order valence-corrected chi connectivity index (χ0v) is 5.78. The van der Waals surface area contributed by atoms with Gasteiger partial charge in [-0.1, -0.05) is 6.92 Å². The lowest BCUT2D eigenvalue weighted by Gasteiger charge is -2.33. The van der Waals surface area contributed by atoms with Gasteiger partial charge in [0.15, 0.2) is 5.85 Å². The van der Waals surface area contributed by atoms with Crippen molar-refractivity contribution in [2.45, 2.75) is 25.6 Å². The van der Waals surface area contributed by atoms with Crippen molar-refractivity contribution >= 4 is 0 Å². The monoisotopic (exact) mass is 130 g/mol. The zero-order valence-electron chi connectivity index (χ0n) is 5.78. The Balaban J connectivity index is 2.37. The molecule has 0 radical (unpaired) electrons. The van der Waals surface area contributed by atoms with E-state index in [1.807, 2.05) is 6.92 Å². The molecular formula is C6H14N2O. The number of rotatable bonds is 1. The third-order valence-corrected chi connectivity index (χ3v) is 1.70. The fraction of sp³-hybridized carbons (Fsp3) is 1.00. The first-order valence-electron chi connectivity index (χ1n) is 3.49. The maximum Gasteiger partial charge on any atom is 0.171 e. The summed E-state index contributed by atoms with van der Waals surface area (Å²) >= 11 is 0. The van der Waals surface area contributed by atoms with Crippen molar-refractivity contribution < 1.29 is 5.11 Å². The van der Waals surface area contributed by atoms with E-state index < -0.39 is 5.85 Å². The topological polar surface area (TPSA) is 44.3 Å². The summed E-state index contributed by atoms with van der Waals surface area (Å²) < 4.78 is 0. The highest BCUT2D eigenvalue weighted by atomic mass is 16.3. The van der Waals surface area contributed by atoms with Crippen LogP contribution in [0.4, 0.5) is 0 Å². The predicted molar refractivity (Wildman–Crippen MR) is 35.9 cm³/mol. The molecule has 1 heterocycles. The third-order valence-electron chi connectivity index (χ3n) is 1.70. The molecule has 0 bridgehead atoms. The summed E-state index contributed by atoms with van der Waals surface area (Å²) in [6, 6.07) is 0. The molecule has 0 atom stereocenters. The fourth-order valence-electron chi connectivity index (χ4n) is 0.991. The molecule has 1 aliphatic heterocycles. The summed E-state index contributed by atoms with van der Waals surface area (Å²) in [5, 5.41) is 15.4. The van der Waals surface area contributed by atoms with Gasteiger partial charge >= 0.3 is 0 Å². The van der Waals surface area contributed by atoms with E-state index in [0.717, 1.165) is 19.5 Å². The smallest absolute Gasteiger partial charge is 0.171 e. The summed E-state index contributed by atoms with van der Waals surface area (Å²) in [5.74, 6) is -0.780. The molecule has 0 aromatic rings. The first-order chi connectivity index (χ1) is 4.27. The molecule has 3 nitrogen and oxygen atoms in total. The van der Waals surface area contributed by atoms with Crippen molar-refractivity contribution in [3.05, 3.63) is 0 Å². The van der Waals surface area contributed by atoms with Gasteiger partial charge in [-0.2, -0.15) is 0 Å². The van der Waals surface area contributed by atoms with Crippen LogP contribution < -0.4 is 10.6 Å². The lowest BCUT2D eigenvalue weighted by Crippen LogP contribution is -2.60. The average molecular weight is 130 g/mol. The second-order valence-corrected chi connectivity index (χ2v) is 2.42. The van der Waals surface area contributed by atoms with E-state index in [1.165, 1.54) is 0 Å². The van der Waals surface area contributed by atoms with Crippen LogP contribution in [-0.2, 0) is 0 Å². The van der Waals surface area contributed by atoms with Crippen molar-refractivity contribution in [1.82, 2.24) is 10.6 Å². The van der Waals surface area contributed by atoms with Crippen LogP contribution in [0.2, 0.25) is 0 Å². The van der Waals surface area contributed by atoms with Crippen molar-refractivity contribution in [2.75, 3.05) is 13.1 Å². The van der Waals surface area contributed by atoms with Crippen molar-refractivity contribution in [3.63, 3.8) is 0 Å². The van der Waals surface area contributed by atoms with Crippen LogP contribution in [0.5, 0.6) is 0 Å². The Morgan fingerprint density at radius 1 is 1.44 bits per heavy atom. The Kier molecular flexibility index (Phi) is 2.05. The van der Waals surface area contributed by atoms with Gasteiger partial charge in [-0.25, -0.2) is 0 Å². The van der Waals surface area contributed by atoms with Gasteiger partial charge in [0.05, 0.1) is 0 Å². The molecule has 1 fully saturated rings. The standard InChI is InChI=1S/C6H14N2O/c1-2-6(9)7-4-3-5-8-6/h7-9H,2-5H2,1H3. The van der Waals surface area contributed by atoms with Crippen LogP contribution in [0.1, 0.15) is 19.8 Å². The molecular weight excluding hydrogens is 116 g/mol. The molecule has 0 aromatic carbocycles. The number of nitrogens with one attached hydrogen (secondary N) is 2. The van der Waals surface area contributed by atoms with E-state index in [2.05, 4.69) is 10.6 Å². The minimum absolute atomic E-state index is 0.715. The van der Waals surface area contributed by atoms with Gasteiger partial charge in [0.25, 0.3) is 0 Å². The van der Waals surface area contributed by atoms with Crippen LogP contribution in [0.3, 0.4) is 0 Å². The van der Waals surface area contributed by atoms with Crippen molar-refractivity contribution in [2.24, 2.45) is 0 Å². The predicted octanol–water partition coefficient (Wildman–Crippen LogP) is -0.375. The van der Waals surface area contributed by atoms with Gasteiger partial charge in [-0.05, 0) is 6.42 Å². The highest BCUT2D eigenvalue weighted by molar-refractivity contribution is 4.75. The van der Waals surface area contributed by atoms with Crippen molar-refractivity contribution in [1.29, 1.82) is 0 Å². The highest BCUT2D eigenvalue weighted by Gasteiger charge is 2.24.